The van der Waals surface area contributed by atoms with Crippen LogP contribution in [-0.4, -0.2) is 42.2 Å². The molecule has 4 aromatic heterocycles. The first-order valence-corrected chi connectivity index (χ1v) is 7.64. The molecule has 0 unspecified atom stereocenters. The first-order chi connectivity index (χ1) is 12.2. The summed E-state index contributed by atoms with van der Waals surface area (Å²) in [5.41, 5.74) is 2.46. The van der Waals surface area contributed by atoms with Gasteiger partial charge in [-0.1, -0.05) is 6.07 Å². The highest BCUT2D eigenvalue weighted by atomic mass is 16.5. The lowest BCUT2D eigenvalue weighted by Gasteiger charge is -2.05. The number of imidazole rings is 1. The van der Waals surface area contributed by atoms with E-state index in [0.717, 1.165) is 5.65 Å². The molecule has 0 bridgehead atoms. The van der Waals surface area contributed by atoms with Crippen LogP contribution in [0.15, 0.2) is 36.5 Å². The average Bonchev–Trinajstić information content (AvgIpc) is 3.18. The summed E-state index contributed by atoms with van der Waals surface area (Å²) in [5, 5.41) is 15.2. The number of hydrogen-bond donors (Lipinski definition) is 1. The number of methoxy groups -OCH3 is 1. The number of rotatable bonds is 4. The predicted octanol–water partition coefficient (Wildman–Crippen LogP) is 1.02. The molecule has 1 amide bonds. The Hall–Kier alpha value is -3.49. The molecule has 0 atom stereocenters. The Morgan fingerprint density at radius 1 is 1.20 bits per heavy atom. The highest BCUT2D eigenvalue weighted by Crippen LogP contribution is 2.12. The number of carbonyl (C=O) groups excluding carboxylic acids is 1. The van der Waals surface area contributed by atoms with E-state index in [4.69, 9.17) is 4.74 Å². The van der Waals surface area contributed by atoms with Gasteiger partial charge in [-0.2, -0.15) is 4.52 Å². The Kier molecular flexibility index (Phi) is 3.53. The third kappa shape index (κ3) is 2.55. The first-order valence-electron chi connectivity index (χ1n) is 7.64. The molecule has 9 nitrogen and oxygen atoms in total. The highest BCUT2D eigenvalue weighted by Gasteiger charge is 2.17. The molecule has 0 fully saturated rings. The fourth-order valence-corrected chi connectivity index (χ4v) is 2.67. The topological polar surface area (TPSA) is 98.7 Å². The van der Waals surface area contributed by atoms with Gasteiger partial charge in [0.2, 0.25) is 5.88 Å². The number of ether oxygens (including phenoxy) is 1. The van der Waals surface area contributed by atoms with Crippen molar-refractivity contribution >= 4 is 17.2 Å². The van der Waals surface area contributed by atoms with Crippen LogP contribution in [0.2, 0.25) is 0 Å². The van der Waals surface area contributed by atoms with Crippen molar-refractivity contribution in [1.82, 2.24) is 34.5 Å². The molecule has 0 aliphatic rings. The lowest BCUT2D eigenvalue weighted by molar-refractivity contribution is 0.0943. The number of nitrogens with one attached hydrogen (secondary N) is 1. The molecule has 0 aliphatic carbocycles. The van der Waals surface area contributed by atoms with Crippen LogP contribution in [0.5, 0.6) is 5.88 Å². The fraction of sp³-hybridized carbons (Fsp3) is 0.188. The van der Waals surface area contributed by atoms with E-state index in [0.29, 0.717) is 28.7 Å². The monoisotopic (exact) mass is 337 g/mol. The summed E-state index contributed by atoms with van der Waals surface area (Å²) in [4.78, 5) is 17.0. The summed E-state index contributed by atoms with van der Waals surface area (Å²) in [5.74, 6) is 0.710. The number of hydrogen-bond acceptors (Lipinski definition) is 6. The minimum atomic E-state index is -0.240. The number of pyridine rings is 1. The quantitative estimate of drug-likeness (QED) is 0.597. The second kappa shape index (κ2) is 5.86. The van der Waals surface area contributed by atoms with Gasteiger partial charge < -0.3 is 10.1 Å². The molecule has 0 saturated heterocycles. The van der Waals surface area contributed by atoms with Gasteiger partial charge in [-0.3, -0.25) is 9.20 Å². The third-order valence-corrected chi connectivity index (χ3v) is 3.84. The number of aryl methyl sites for hydroxylation is 1. The van der Waals surface area contributed by atoms with Gasteiger partial charge in [-0.15, -0.1) is 15.3 Å². The fourth-order valence-electron chi connectivity index (χ4n) is 2.67. The summed E-state index contributed by atoms with van der Waals surface area (Å²) in [6.45, 7) is 1.99. The number of amides is 1. The highest BCUT2D eigenvalue weighted by molar-refractivity contribution is 5.94. The van der Waals surface area contributed by atoms with Crippen LogP contribution in [0.4, 0.5) is 0 Å². The van der Waals surface area contributed by atoms with Crippen LogP contribution >= 0.6 is 0 Å². The van der Waals surface area contributed by atoms with Crippen molar-refractivity contribution in [2.75, 3.05) is 7.11 Å². The maximum atomic E-state index is 12.6. The first kappa shape index (κ1) is 15.1. The Labute approximate surface area is 142 Å². The summed E-state index contributed by atoms with van der Waals surface area (Å²) in [7, 11) is 1.54. The van der Waals surface area contributed by atoms with Gasteiger partial charge in [0.15, 0.2) is 11.5 Å². The van der Waals surface area contributed by atoms with Gasteiger partial charge in [0.1, 0.15) is 11.3 Å². The number of carbonyl (C=O) groups is 1. The van der Waals surface area contributed by atoms with E-state index in [1.54, 1.807) is 28.0 Å². The molecule has 9 heteroatoms. The van der Waals surface area contributed by atoms with Crippen molar-refractivity contribution in [2.45, 2.75) is 13.5 Å². The van der Waals surface area contributed by atoms with Crippen LogP contribution in [0.25, 0.3) is 11.3 Å². The normalized spacial score (nSPS) is 11.1. The van der Waals surface area contributed by atoms with Crippen molar-refractivity contribution in [2.24, 2.45) is 0 Å². The molecule has 0 aromatic carbocycles. The third-order valence-electron chi connectivity index (χ3n) is 3.84. The lowest BCUT2D eigenvalue weighted by atomic mass is 10.3. The zero-order chi connectivity index (χ0) is 17.4. The number of fused-ring (bicyclic) bond motifs is 2. The largest absolute Gasteiger partial charge is 0.480 e. The maximum Gasteiger partial charge on any atom is 0.270 e. The van der Waals surface area contributed by atoms with Crippen LogP contribution in [0.1, 0.15) is 22.0 Å². The van der Waals surface area contributed by atoms with Gasteiger partial charge in [0.05, 0.1) is 19.3 Å². The van der Waals surface area contributed by atoms with E-state index in [1.807, 2.05) is 24.4 Å². The van der Waals surface area contributed by atoms with Crippen LogP contribution in [-0.2, 0) is 6.54 Å². The van der Waals surface area contributed by atoms with E-state index < -0.39 is 0 Å². The molecular weight excluding hydrogens is 322 g/mol. The minimum Gasteiger partial charge on any atom is -0.480 e. The minimum absolute atomic E-state index is 0.180. The van der Waals surface area contributed by atoms with E-state index in [-0.39, 0.29) is 12.5 Å². The second-order valence-corrected chi connectivity index (χ2v) is 5.42. The molecule has 4 rings (SSSR count). The molecule has 126 valence electrons. The Morgan fingerprint density at radius 3 is 2.92 bits per heavy atom. The number of aromatic nitrogens is 6. The molecule has 0 radical (unpaired) electrons. The number of nitrogens with zero attached hydrogens (tertiary/aromatic N) is 6. The van der Waals surface area contributed by atoms with E-state index in [9.17, 15) is 4.79 Å². The van der Waals surface area contributed by atoms with Gasteiger partial charge in [-0.05, 0) is 25.1 Å². The smallest absolute Gasteiger partial charge is 0.270 e. The lowest BCUT2D eigenvalue weighted by Crippen LogP contribution is -2.26. The molecule has 25 heavy (non-hydrogen) atoms. The zero-order valence-electron chi connectivity index (χ0n) is 13.7. The van der Waals surface area contributed by atoms with Gasteiger partial charge in [0.25, 0.3) is 5.91 Å². The van der Waals surface area contributed by atoms with Crippen molar-refractivity contribution in [3.63, 3.8) is 0 Å². The summed E-state index contributed by atoms with van der Waals surface area (Å²) in [6, 6.07) is 9.04. The summed E-state index contributed by atoms with van der Waals surface area (Å²) in [6.07, 6.45) is 1.81. The average molecular weight is 337 g/mol. The van der Waals surface area contributed by atoms with E-state index in [1.165, 1.54) is 7.11 Å². The SMILES string of the molecule is COc1ccc2nnc(CNC(=O)c3c(C)nc4ccccn34)n2n1. The molecule has 4 heterocycles. The molecule has 0 aliphatic heterocycles. The zero-order valence-corrected chi connectivity index (χ0v) is 13.7. The van der Waals surface area contributed by atoms with Crippen molar-refractivity contribution in [1.29, 1.82) is 0 Å². The van der Waals surface area contributed by atoms with Gasteiger partial charge in [-0.25, -0.2) is 4.98 Å². The van der Waals surface area contributed by atoms with Gasteiger partial charge >= 0.3 is 0 Å². The predicted molar refractivity (Wildman–Crippen MR) is 88.4 cm³/mol. The molecule has 1 N–H and O–H groups in total. The van der Waals surface area contributed by atoms with Crippen LogP contribution in [0.3, 0.4) is 0 Å². The maximum absolute atomic E-state index is 12.6. The van der Waals surface area contributed by atoms with Crippen LogP contribution in [0, 0.1) is 6.92 Å². The Balaban J connectivity index is 1.61. The van der Waals surface area contributed by atoms with Crippen molar-refractivity contribution in [3.05, 3.63) is 53.7 Å². The standard InChI is InChI=1S/C16H15N7O2/c1-10-15(22-8-4-3-5-11(22)18-10)16(24)17-9-13-20-19-12-6-7-14(25-2)21-23(12)13/h3-8H,9H2,1-2H3,(H,17,24). The molecule has 4 aromatic rings. The Bertz CT molecular complexity index is 1080. The van der Waals surface area contributed by atoms with Crippen molar-refractivity contribution < 1.29 is 9.53 Å². The van der Waals surface area contributed by atoms with E-state index in [2.05, 4.69) is 25.6 Å². The Morgan fingerprint density at radius 2 is 2.08 bits per heavy atom. The second-order valence-electron chi connectivity index (χ2n) is 5.42. The van der Waals surface area contributed by atoms with Crippen molar-refractivity contribution in [3.8, 4) is 5.88 Å². The summed E-state index contributed by atoms with van der Waals surface area (Å²) < 4.78 is 8.41. The van der Waals surface area contributed by atoms with Crippen LogP contribution < -0.4 is 10.1 Å². The summed E-state index contributed by atoms with van der Waals surface area (Å²) >= 11 is 0. The van der Waals surface area contributed by atoms with Gasteiger partial charge in [0, 0.05) is 12.3 Å². The molecule has 0 saturated carbocycles. The molecular formula is C16H15N7O2. The molecule has 0 spiro atoms. The van der Waals surface area contributed by atoms with E-state index >= 15 is 0 Å².